The average Bonchev–Trinajstić information content (AvgIpc) is 2.28. The van der Waals surface area contributed by atoms with Gasteiger partial charge < -0.3 is 4.74 Å². The first-order valence-electron chi connectivity index (χ1n) is 5.06. The molecule has 0 amide bonds. The first kappa shape index (κ1) is 13.5. The van der Waals surface area contributed by atoms with Crippen LogP contribution in [0.2, 0.25) is 0 Å². The fraction of sp³-hybridized carbons (Fsp3) is 0.417. The number of benzene rings is 1. The molecule has 0 bridgehead atoms. The Kier molecular flexibility index (Phi) is 5.29. The van der Waals surface area contributed by atoms with E-state index in [1.54, 1.807) is 6.92 Å². The van der Waals surface area contributed by atoms with Gasteiger partial charge in [-0.2, -0.15) is 0 Å². The molecule has 16 heavy (non-hydrogen) atoms. The summed E-state index contributed by atoms with van der Waals surface area (Å²) in [6, 6.07) is 5.64. The summed E-state index contributed by atoms with van der Waals surface area (Å²) in [4.78, 5) is 11.1. The molecule has 0 aliphatic heterocycles. The quantitative estimate of drug-likeness (QED) is 0.772. The molecular weight excluding hydrogens is 291 g/mol. The first-order valence-corrected chi connectivity index (χ1v) is 6.51. The predicted molar refractivity (Wildman–Crippen MR) is 69.5 cm³/mol. The van der Waals surface area contributed by atoms with Crippen LogP contribution in [0.25, 0.3) is 0 Å². The fourth-order valence-corrected chi connectivity index (χ4v) is 2.23. The van der Waals surface area contributed by atoms with Crippen LogP contribution in [0, 0.1) is 0 Å². The molecular formula is C12H14BrClO2. The lowest BCUT2D eigenvalue weighted by atomic mass is 10.0. The highest BCUT2D eigenvalue weighted by Crippen LogP contribution is 2.35. The van der Waals surface area contributed by atoms with E-state index >= 15 is 0 Å². The second-order valence-electron chi connectivity index (χ2n) is 3.37. The smallest absolute Gasteiger partial charge is 0.147 e. The third-order valence-electron chi connectivity index (χ3n) is 2.21. The van der Waals surface area contributed by atoms with Crippen molar-refractivity contribution in [2.75, 3.05) is 6.61 Å². The lowest BCUT2D eigenvalue weighted by Crippen LogP contribution is -2.07. The van der Waals surface area contributed by atoms with Crippen LogP contribution in [0.3, 0.4) is 0 Å². The molecule has 0 saturated carbocycles. The second kappa shape index (κ2) is 6.26. The Morgan fingerprint density at radius 3 is 2.75 bits per heavy atom. The molecule has 0 spiro atoms. The van der Waals surface area contributed by atoms with Gasteiger partial charge in [0.25, 0.3) is 0 Å². The largest absolute Gasteiger partial charge is 0.494 e. The number of carbonyl (C=O) groups excluding carboxylic acids is 1. The molecule has 0 N–H and O–H groups in total. The molecule has 0 aliphatic rings. The van der Waals surface area contributed by atoms with E-state index in [1.165, 1.54) is 0 Å². The van der Waals surface area contributed by atoms with E-state index < -0.39 is 0 Å². The van der Waals surface area contributed by atoms with E-state index in [-0.39, 0.29) is 10.6 Å². The van der Waals surface area contributed by atoms with Gasteiger partial charge in [-0.1, -0.05) is 28.1 Å². The van der Waals surface area contributed by atoms with E-state index in [0.29, 0.717) is 12.5 Å². The van der Waals surface area contributed by atoms with E-state index in [4.69, 9.17) is 16.3 Å². The molecule has 0 saturated heterocycles. The number of alkyl halides is 2. The van der Waals surface area contributed by atoms with Gasteiger partial charge >= 0.3 is 0 Å². The number of hydrogen-bond donors (Lipinski definition) is 0. The Bertz CT molecular complexity index is 379. The average molecular weight is 306 g/mol. The van der Waals surface area contributed by atoms with Crippen LogP contribution in [0.1, 0.15) is 29.8 Å². The summed E-state index contributed by atoms with van der Waals surface area (Å²) >= 11 is 9.24. The van der Waals surface area contributed by atoms with Crippen molar-refractivity contribution in [2.45, 2.75) is 24.6 Å². The molecule has 1 unspecified atom stereocenters. The Labute approximate surface area is 109 Å². The van der Waals surface area contributed by atoms with E-state index in [0.717, 1.165) is 16.9 Å². The van der Waals surface area contributed by atoms with Gasteiger partial charge in [-0.05, 0) is 25.5 Å². The van der Waals surface area contributed by atoms with Gasteiger partial charge in [0.2, 0.25) is 0 Å². The van der Waals surface area contributed by atoms with Crippen molar-refractivity contribution >= 4 is 33.3 Å². The maximum absolute atomic E-state index is 11.4. The molecule has 4 heteroatoms. The highest BCUT2D eigenvalue weighted by Gasteiger charge is 2.20. The van der Waals surface area contributed by atoms with Crippen LogP contribution in [0.4, 0.5) is 0 Å². The topological polar surface area (TPSA) is 26.3 Å². The minimum Gasteiger partial charge on any atom is -0.494 e. The van der Waals surface area contributed by atoms with Gasteiger partial charge in [-0.15, -0.1) is 11.6 Å². The summed E-state index contributed by atoms with van der Waals surface area (Å²) in [5.41, 5.74) is 1.76. The zero-order valence-corrected chi connectivity index (χ0v) is 11.6. The van der Waals surface area contributed by atoms with Gasteiger partial charge in [0.15, 0.2) is 0 Å². The summed E-state index contributed by atoms with van der Waals surface area (Å²) in [6.07, 6.45) is 0. The van der Waals surface area contributed by atoms with Crippen LogP contribution in [-0.2, 0) is 10.7 Å². The van der Waals surface area contributed by atoms with Crippen LogP contribution in [-0.4, -0.2) is 12.4 Å². The molecule has 0 aromatic heterocycles. The molecule has 88 valence electrons. The number of carbonyl (C=O) groups is 1. The third kappa shape index (κ3) is 2.98. The molecule has 0 radical (unpaired) electrons. The number of hydrogen-bond acceptors (Lipinski definition) is 2. The molecule has 1 rings (SSSR count). The van der Waals surface area contributed by atoms with Crippen molar-refractivity contribution in [3.8, 4) is 5.75 Å². The van der Waals surface area contributed by atoms with Gasteiger partial charge in [0.1, 0.15) is 16.4 Å². The zero-order valence-electron chi connectivity index (χ0n) is 9.30. The van der Waals surface area contributed by atoms with Crippen LogP contribution >= 0.6 is 27.5 Å². The highest BCUT2D eigenvalue weighted by atomic mass is 79.9. The molecule has 1 atom stereocenters. The fourth-order valence-electron chi connectivity index (χ4n) is 1.48. The molecule has 0 aliphatic carbocycles. The SMILES string of the molecule is CCOc1cccc(CCl)c1C(Br)C(C)=O. The normalized spacial score (nSPS) is 12.2. The number of Topliss-reactive ketones (excluding diaryl/α,β-unsaturated/α-hetero) is 1. The standard InChI is InChI=1S/C12H14BrClO2/c1-3-16-10-6-4-5-9(7-14)11(10)12(13)8(2)15/h4-6,12H,3,7H2,1-2H3. The molecule has 0 fully saturated rings. The Balaban J connectivity index is 3.23. The lowest BCUT2D eigenvalue weighted by molar-refractivity contribution is -0.116. The highest BCUT2D eigenvalue weighted by molar-refractivity contribution is 9.09. The van der Waals surface area contributed by atoms with Crippen LogP contribution in [0.5, 0.6) is 5.75 Å². The van der Waals surface area contributed by atoms with Crippen molar-refractivity contribution in [3.05, 3.63) is 29.3 Å². The molecule has 1 aromatic carbocycles. The van der Waals surface area contributed by atoms with Crippen molar-refractivity contribution in [1.82, 2.24) is 0 Å². The Morgan fingerprint density at radius 1 is 1.56 bits per heavy atom. The van der Waals surface area contributed by atoms with Gasteiger partial charge in [0, 0.05) is 11.4 Å². The summed E-state index contributed by atoms with van der Waals surface area (Å²) in [5, 5.41) is 0. The number of halogens is 2. The minimum absolute atomic E-state index is 0.0403. The third-order valence-corrected chi connectivity index (χ3v) is 3.60. The van der Waals surface area contributed by atoms with Crippen molar-refractivity contribution < 1.29 is 9.53 Å². The summed E-state index contributed by atoms with van der Waals surface area (Å²) in [6.45, 7) is 4.02. The zero-order chi connectivity index (χ0) is 12.1. The predicted octanol–water partition coefficient (Wildman–Crippen LogP) is 3.85. The van der Waals surface area contributed by atoms with Crippen molar-refractivity contribution in [2.24, 2.45) is 0 Å². The maximum Gasteiger partial charge on any atom is 0.147 e. The summed E-state index contributed by atoms with van der Waals surface area (Å²) in [5.74, 6) is 1.13. The van der Waals surface area contributed by atoms with E-state index in [9.17, 15) is 4.79 Å². The summed E-state index contributed by atoms with van der Waals surface area (Å²) in [7, 11) is 0. The molecule has 1 aromatic rings. The lowest BCUT2D eigenvalue weighted by Gasteiger charge is -2.16. The monoisotopic (exact) mass is 304 g/mol. The van der Waals surface area contributed by atoms with E-state index in [2.05, 4.69) is 15.9 Å². The minimum atomic E-state index is -0.357. The van der Waals surface area contributed by atoms with Crippen molar-refractivity contribution in [3.63, 3.8) is 0 Å². The Hall–Kier alpha value is -0.540. The van der Waals surface area contributed by atoms with Gasteiger partial charge in [0.05, 0.1) is 6.61 Å². The second-order valence-corrected chi connectivity index (χ2v) is 4.55. The van der Waals surface area contributed by atoms with Crippen LogP contribution in [0.15, 0.2) is 18.2 Å². The maximum atomic E-state index is 11.4. The number of ether oxygens (including phenoxy) is 1. The summed E-state index contributed by atoms with van der Waals surface area (Å²) < 4.78 is 5.51. The molecule has 0 heterocycles. The van der Waals surface area contributed by atoms with Gasteiger partial charge in [-0.3, -0.25) is 4.79 Å². The number of rotatable bonds is 5. The van der Waals surface area contributed by atoms with Crippen LogP contribution < -0.4 is 4.74 Å². The first-order chi connectivity index (χ1) is 7.61. The Morgan fingerprint density at radius 2 is 2.25 bits per heavy atom. The van der Waals surface area contributed by atoms with E-state index in [1.807, 2.05) is 25.1 Å². The number of ketones is 1. The van der Waals surface area contributed by atoms with Crippen molar-refractivity contribution in [1.29, 1.82) is 0 Å². The van der Waals surface area contributed by atoms with Gasteiger partial charge in [-0.25, -0.2) is 0 Å². The molecule has 2 nitrogen and oxygen atoms in total.